The topological polar surface area (TPSA) is 88.3 Å². The van der Waals surface area contributed by atoms with Crippen LogP contribution in [0, 0.1) is 12.8 Å². The van der Waals surface area contributed by atoms with Crippen LogP contribution in [0.1, 0.15) is 37.2 Å². The molecule has 1 aromatic carbocycles. The highest BCUT2D eigenvalue weighted by Gasteiger charge is 2.26. The highest BCUT2D eigenvalue weighted by atomic mass is 16.5. The van der Waals surface area contributed by atoms with E-state index >= 15 is 0 Å². The van der Waals surface area contributed by atoms with Crippen molar-refractivity contribution in [1.82, 2.24) is 10.6 Å². The van der Waals surface area contributed by atoms with Crippen molar-refractivity contribution in [1.29, 1.82) is 0 Å². The van der Waals surface area contributed by atoms with Crippen molar-refractivity contribution < 1.29 is 19.0 Å². The lowest BCUT2D eigenvalue weighted by Gasteiger charge is -2.22. The maximum atomic E-state index is 10.7. The van der Waals surface area contributed by atoms with Gasteiger partial charge in [0.25, 0.3) is 0 Å². The van der Waals surface area contributed by atoms with Gasteiger partial charge in [0.15, 0.2) is 5.96 Å². The molecule has 0 radical (unpaired) electrons. The number of furan rings is 1. The number of guanidine groups is 1. The number of aliphatic imine (C=N–C) groups is 1. The van der Waals surface area contributed by atoms with E-state index in [-0.39, 0.29) is 6.54 Å². The van der Waals surface area contributed by atoms with Crippen LogP contribution in [-0.4, -0.2) is 44.0 Å². The largest absolute Gasteiger partial charge is 0.493 e. The molecule has 0 bridgehead atoms. The molecule has 7 heteroatoms. The van der Waals surface area contributed by atoms with Crippen molar-refractivity contribution in [3.05, 3.63) is 53.5 Å². The zero-order chi connectivity index (χ0) is 21.4. The summed E-state index contributed by atoms with van der Waals surface area (Å²) in [7, 11) is 0. The molecule has 2 unspecified atom stereocenters. The molecule has 0 spiro atoms. The Labute approximate surface area is 178 Å². The van der Waals surface area contributed by atoms with E-state index in [1.807, 2.05) is 6.92 Å². The van der Waals surface area contributed by atoms with Gasteiger partial charge in [0.05, 0.1) is 32.6 Å². The average Bonchev–Trinajstić information content (AvgIpc) is 3.44. The van der Waals surface area contributed by atoms with Crippen molar-refractivity contribution in [3.63, 3.8) is 0 Å². The minimum absolute atomic E-state index is 0.269. The van der Waals surface area contributed by atoms with Gasteiger partial charge in [-0.3, -0.25) is 0 Å². The number of nitrogens with one attached hydrogen (secondary N) is 2. The van der Waals surface area contributed by atoms with Gasteiger partial charge in [-0.05, 0) is 51.0 Å². The summed E-state index contributed by atoms with van der Waals surface area (Å²) >= 11 is 0. The van der Waals surface area contributed by atoms with Crippen LogP contribution in [0.15, 0.2) is 46.0 Å². The lowest BCUT2D eigenvalue weighted by atomic mass is 10.0. The lowest BCUT2D eigenvalue weighted by Crippen LogP contribution is -2.44. The normalized spacial score (nSPS) is 18.8. The van der Waals surface area contributed by atoms with E-state index in [2.05, 4.69) is 40.7 Å². The third kappa shape index (κ3) is 6.24. The number of ether oxygens (including phenoxy) is 2. The average molecular weight is 416 g/mol. The molecule has 3 N–H and O–H groups in total. The van der Waals surface area contributed by atoms with Crippen LogP contribution < -0.4 is 15.4 Å². The lowest BCUT2D eigenvalue weighted by molar-refractivity contribution is 0.0386. The second-order valence-corrected chi connectivity index (χ2v) is 7.95. The molecule has 30 heavy (non-hydrogen) atoms. The second kappa shape index (κ2) is 10.5. The molecule has 1 fully saturated rings. The number of benzene rings is 1. The van der Waals surface area contributed by atoms with E-state index < -0.39 is 5.60 Å². The van der Waals surface area contributed by atoms with Gasteiger partial charge >= 0.3 is 0 Å². The third-order valence-corrected chi connectivity index (χ3v) is 5.12. The van der Waals surface area contributed by atoms with Gasteiger partial charge in [0.1, 0.15) is 17.1 Å². The Morgan fingerprint density at radius 1 is 1.33 bits per heavy atom. The summed E-state index contributed by atoms with van der Waals surface area (Å²) in [6.45, 7) is 9.47. The van der Waals surface area contributed by atoms with Gasteiger partial charge < -0.3 is 29.6 Å². The minimum atomic E-state index is -1.14. The molecule has 1 aliphatic rings. The van der Waals surface area contributed by atoms with Crippen molar-refractivity contribution in [2.45, 2.75) is 39.3 Å². The molecule has 2 aromatic rings. The van der Waals surface area contributed by atoms with E-state index in [0.717, 1.165) is 36.5 Å². The number of aryl methyl sites for hydroxylation is 1. The number of hydrogen-bond donors (Lipinski definition) is 3. The number of aliphatic hydroxyl groups is 1. The van der Waals surface area contributed by atoms with Crippen LogP contribution in [0.3, 0.4) is 0 Å². The first kappa shape index (κ1) is 22.2. The summed E-state index contributed by atoms with van der Waals surface area (Å²) < 4.78 is 16.9. The molecule has 1 saturated heterocycles. The van der Waals surface area contributed by atoms with Crippen LogP contribution in [0.4, 0.5) is 0 Å². The van der Waals surface area contributed by atoms with E-state index in [1.165, 1.54) is 0 Å². The summed E-state index contributed by atoms with van der Waals surface area (Å²) in [6, 6.07) is 9.71. The third-order valence-electron chi connectivity index (χ3n) is 5.12. The fourth-order valence-corrected chi connectivity index (χ4v) is 3.28. The smallest absolute Gasteiger partial charge is 0.191 e. The van der Waals surface area contributed by atoms with E-state index in [0.29, 0.717) is 37.3 Å². The standard InChI is InChI=1S/C23H33N3O4/c1-4-24-22(26-16-23(3,27)21-6-5-10-29-21)25-13-19-8-7-17(2)12-20(19)30-15-18-9-11-28-14-18/h5-8,10,12,18,27H,4,9,11,13-16H2,1-3H3,(H2,24,25,26). The van der Waals surface area contributed by atoms with Crippen molar-refractivity contribution in [3.8, 4) is 5.75 Å². The van der Waals surface area contributed by atoms with Crippen LogP contribution >= 0.6 is 0 Å². The van der Waals surface area contributed by atoms with E-state index in [1.54, 1.807) is 25.3 Å². The summed E-state index contributed by atoms with van der Waals surface area (Å²) in [5, 5.41) is 17.1. The van der Waals surface area contributed by atoms with Gasteiger partial charge in [0.2, 0.25) is 0 Å². The Morgan fingerprint density at radius 3 is 2.90 bits per heavy atom. The molecule has 2 heterocycles. The van der Waals surface area contributed by atoms with Crippen molar-refractivity contribution in [2.75, 3.05) is 32.9 Å². The monoisotopic (exact) mass is 415 g/mol. The van der Waals surface area contributed by atoms with E-state index in [9.17, 15) is 5.11 Å². The predicted octanol–water partition coefficient (Wildman–Crippen LogP) is 2.97. The maximum Gasteiger partial charge on any atom is 0.191 e. The Hall–Kier alpha value is -2.51. The second-order valence-electron chi connectivity index (χ2n) is 7.95. The zero-order valence-corrected chi connectivity index (χ0v) is 18.1. The summed E-state index contributed by atoms with van der Waals surface area (Å²) in [5.41, 5.74) is 1.04. The van der Waals surface area contributed by atoms with Gasteiger partial charge in [-0.1, -0.05) is 12.1 Å². The highest BCUT2D eigenvalue weighted by Crippen LogP contribution is 2.24. The predicted molar refractivity (Wildman–Crippen MR) is 117 cm³/mol. The molecule has 0 amide bonds. The Morgan fingerprint density at radius 2 is 2.20 bits per heavy atom. The quantitative estimate of drug-likeness (QED) is 0.431. The van der Waals surface area contributed by atoms with Gasteiger partial charge in [-0.2, -0.15) is 0 Å². The first-order valence-corrected chi connectivity index (χ1v) is 10.6. The van der Waals surface area contributed by atoms with Crippen LogP contribution in [-0.2, 0) is 16.9 Å². The van der Waals surface area contributed by atoms with Crippen molar-refractivity contribution >= 4 is 5.96 Å². The minimum Gasteiger partial charge on any atom is -0.493 e. The fourth-order valence-electron chi connectivity index (χ4n) is 3.28. The number of rotatable bonds is 9. The Balaban J connectivity index is 1.64. The summed E-state index contributed by atoms with van der Waals surface area (Å²) in [4.78, 5) is 4.69. The molecule has 2 atom stereocenters. The molecule has 7 nitrogen and oxygen atoms in total. The molecule has 164 valence electrons. The van der Waals surface area contributed by atoms with Crippen molar-refractivity contribution in [2.24, 2.45) is 10.9 Å². The zero-order valence-electron chi connectivity index (χ0n) is 18.1. The molecule has 1 aliphatic heterocycles. The van der Waals surface area contributed by atoms with Crippen LogP contribution in [0.25, 0.3) is 0 Å². The molecule has 1 aromatic heterocycles. The van der Waals surface area contributed by atoms with Gasteiger partial charge in [-0.15, -0.1) is 0 Å². The molecule has 3 rings (SSSR count). The first-order valence-electron chi connectivity index (χ1n) is 10.6. The molecule has 0 saturated carbocycles. The van der Waals surface area contributed by atoms with Gasteiger partial charge in [-0.25, -0.2) is 4.99 Å². The first-order chi connectivity index (χ1) is 14.5. The molecule has 0 aliphatic carbocycles. The summed E-state index contributed by atoms with van der Waals surface area (Å²) in [5.74, 6) is 2.45. The Kier molecular flexibility index (Phi) is 7.76. The molecular weight excluding hydrogens is 382 g/mol. The van der Waals surface area contributed by atoms with Gasteiger partial charge in [0, 0.05) is 24.6 Å². The number of nitrogens with zero attached hydrogens (tertiary/aromatic N) is 1. The SMILES string of the molecule is CCNC(=NCc1ccc(C)cc1OCC1CCOC1)NCC(C)(O)c1ccco1. The summed E-state index contributed by atoms with van der Waals surface area (Å²) in [6.07, 6.45) is 2.60. The molecular formula is C23H33N3O4. The van der Waals surface area contributed by atoms with Crippen LogP contribution in [0.2, 0.25) is 0 Å². The maximum absolute atomic E-state index is 10.7. The fraction of sp³-hybridized carbons (Fsp3) is 0.522. The highest BCUT2D eigenvalue weighted by molar-refractivity contribution is 5.79. The van der Waals surface area contributed by atoms with E-state index in [4.69, 9.17) is 13.9 Å². The Bertz CT molecular complexity index is 812. The number of hydrogen-bond acceptors (Lipinski definition) is 5. The van der Waals surface area contributed by atoms with Crippen LogP contribution in [0.5, 0.6) is 5.75 Å².